The number of carbonyl (C=O) groups is 1. The standard InChI is InChI=1S/C24H33FN2O4S/c1-4-26(13-19(28)15-30-17(2)3)14-24(29)27-10-8-23-21(9-11-32-23)22(27)16-31-20-7-5-6-18(25)12-20/h5-7,9,11-12,17,19,22,28H,4,8,10,13-16H2,1-3H3. The van der Waals surface area contributed by atoms with Gasteiger partial charge in [0.2, 0.25) is 5.91 Å². The first-order chi connectivity index (χ1) is 15.4. The van der Waals surface area contributed by atoms with Crippen LogP contribution in [-0.4, -0.2) is 72.4 Å². The molecule has 0 aliphatic carbocycles. The van der Waals surface area contributed by atoms with Crippen molar-refractivity contribution in [3.05, 3.63) is 52.0 Å². The number of likely N-dealkylation sites (N-methyl/N-ethyl adjacent to an activating group) is 1. The van der Waals surface area contributed by atoms with Crippen molar-refractivity contribution in [3.63, 3.8) is 0 Å². The maximum absolute atomic E-state index is 13.5. The van der Waals surface area contributed by atoms with E-state index in [1.807, 2.05) is 42.0 Å². The summed E-state index contributed by atoms with van der Waals surface area (Å²) < 4.78 is 24.9. The first kappa shape index (κ1) is 24.6. The van der Waals surface area contributed by atoms with Crippen LogP contribution in [0.1, 0.15) is 37.3 Å². The van der Waals surface area contributed by atoms with Crippen molar-refractivity contribution in [2.45, 2.75) is 45.4 Å². The first-order valence-corrected chi connectivity index (χ1v) is 12.0. The summed E-state index contributed by atoms with van der Waals surface area (Å²) in [7, 11) is 0. The van der Waals surface area contributed by atoms with Gasteiger partial charge in [-0.25, -0.2) is 4.39 Å². The van der Waals surface area contributed by atoms with Crippen molar-refractivity contribution in [2.24, 2.45) is 0 Å². The summed E-state index contributed by atoms with van der Waals surface area (Å²) in [5.41, 5.74) is 1.10. The van der Waals surface area contributed by atoms with Crippen LogP contribution in [0.4, 0.5) is 4.39 Å². The highest BCUT2D eigenvalue weighted by Gasteiger charge is 2.33. The monoisotopic (exact) mass is 464 g/mol. The molecule has 1 aliphatic heterocycles. The van der Waals surface area contributed by atoms with Crippen LogP contribution in [0.3, 0.4) is 0 Å². The van der Waals surface area contributed by atoms with Gasteiger partial charge in [0.15, 0.2) is 0 Å². The van der Waals surface area contributed by atoms with Gasteiger partial charge in [-0.05, 0) is 56.0 Å². The molecule has 6 nitrogen and oxygen atoms in total. The number of benzene rings is 1. The van der Waals surface area contributed by atoms with Crippen LogP contribution in [0.5, 0.6) is 5.75 Å². The molecule has 3 rings (SSSR count). The summed E-state index contributed by atoms with van der Waals surface area (Å²) in [6.07, 6.45) is 0.210. The normalized spacial score (nSPS) is 17.0. The molecule has 1 amide bonds. The minimum Gasteiger partial charge on any atom is -0.491 e. The van der Waals surface area contributed by atoms with E-state index in [0.29, 0.717) is 25.4 Å². The maximum atomic E-state index is 13.5. The molecule has 0 spiro atoms. The highest BCUT2D eigenvalue weighted by atomic mass is 32.1. The third-order valence-corrected chi connectivity index (χ3v) is 6.51. The van der Waals surface area contributed by atoms with Crippen molar-refractivity contribution in [2.75, 3.05) is 39.4 Å². The number of hydrogen-bond donors (Lipinski definition) is 1. The summed E-state index contributed by atoms with van der Waals surface area (Å²) in [6.45, 7) is 8.17. The fourth-order valence-electron chi connectivity index (χ4n) is 3.85. The van der Waals surface area contributed by atoms with Gasteiger partial charge in [0.05, 0.1) is 31.4 Å². The summed E-state index contributed by atoms with van der Waals surface area (Å²) in [5, 5.41) is 12.3. The van der Waals surface area contributed by atoms with E-state index in [1.165, 1.54) is 17.0 Å². The molecule has 176 valence electrons. The van der Waals surface area contributed by atoms with Crippen LogP contribution < -0.4 is 4.74 Å². The Bertz CT molecular complexity index is 875. The van der Waals surface area contributed by atoms with Crippen molar-refractivity contribution < 1.29 is 23.8 Å². The summed E-state index contributed by atoms with van der Waals surface area (Å²) in [5.74, 6) is 0.0885. The van der Waals surface area contributed by atoms with Crippen molar-refractivity contribution in [3.8, 4) is 5.75 Å². The average molecular weight is 465 g/mol. The first-order valence-electron chi connectivity index (χ1n) is 11.1. The smallest absolute Gasteiger partial charge is 0.237 e. The lowest BCUT2D eigenvalue weighted by Gasteiger charge is -2.37. The molecular weight excluding hydrogens is 431 g/mol. The second-order valence-electron chi connectivity index (χ2n) is 8.28. The fraction of sp³-hybridized carbons (Fsp3) is 0.542. The molecule has 0 fully saturated rings. The number of amides is 1. The molecule has 1 aliphatic rings. The number of aliphatic hydroxyl groups excluding tert-OH is 1. The summed E-state index contributed by atoms with van der Waals surface area (Å²) in [6, 6.07) is 7.87. The molecule has 2 aromatic rings. The van der Waals surface area contributed by atoms with Gasteiger partial charge in [-0.3, -0.25) is 9.69 Å². The molecule has 32 heavy (non-hydrogen) atoms. The highest BCUT2D eigenvalue weighted by Crippen LogP contribution is 2.34. The Balaban J connectivity index is 1.66. The van der Waals surface area contributed by atoms with E-state index < -0.39 is 6.10 Å². The van der Waals surface area contributed by atoms with Crippen molar-refractivity contribution in [1.82, 2.24) is 9.80 Å². The van der Waals surface area contributed by atoms with Gasteiger partial charge in [-0.15, -0.1) is 11.3 Å². The number of ether oxygens (including phenoxy) is 2. The van der Waals surface area contributed by atoms with Crippen molar-refractivity contribution >= 4 is 17.2 Å². The molecule has 1 aromatic heterocycles. The van der Waals surface area contributed by atoms with E-state index in [0.717, 1.165) is 12.0 Å². The van der Waals surface area contributed by atoms with E-state index in [9.17, 15) is 14.3 Å². The molecular formula is C24H33FN2O4S. The topological polar surface area (TPSA) is 62.2 Å². The maximum Gasteiger partial charge on any atom is 0.237 e. The SMILES string of the molecule is CCN(CC(=O)N1CCc2sccc2C1COc1cccc(F)c1)CC(O)COC(C)C. The molecule has 2 heterocycles. The van der Waals surface area contributed by atoms with Crippen LogP contribution in [0.15, 0.2) is 35.7 Å². The predicted octanol–water partition coefficient (Wildman–Crippen LogP) is 3.50. The number of nitrogens with zero attached hydrogens (tertiary/aromatic N) is 2. The number of rotatable bonds is 11. The molecule has 2 unspecified atom stereocenters. The zero-order chi connectivity index (χ0) is 23.1. The van der Waals surface area contributed by atoms with E-state index in [1.54, 1.807) is 23.5 Å². The Hall–Kier alpha value is -2.00. The molecule has 2 atom stereocenters. The van der Waals surface area contributed by atoms with Gasteiger partial charge in [-0.1, -0.05) is 13.0 Å². The van der Waals surface area contributed by atoms with Gasteiger partial charge < -0.3 is 19.5 Å². The van der Waals surface area contributed by atoms with Crippen LogP contribution in [-0.2, 0) is 16.0 Å². The molecule has 0 radical (unpaired) electrons. The molecule has 1 N–H and O–H groups in total. The fourth-order valence-corrected chi connectivity index (χ4v) is 4.78. The third-order valence-electron chi connectivity index (χ3n) is 5.52. The van der Waals surface area contributed by atoms with Crippen LogP contribution >= 0.6 is 11.3 Å². The van der Waals surface area contributed by atoms with Gasteiger partial charge in [0.1, 0.15) is 18.2 Å². The minimum atomic E-state index is -0.651. The lowest BCUT2D eigenvalue weighted by molar-refractivity contribution is -0.136. The largest absolute Gasteiger partial charge is 0.491 e. The van der Waals surface area contributed by atoms with Crippen LogP contribution in [0.25, 0.3) is 0 Å². The number of hydrogen-bond acceptors (Lipinski definition) is 6. The Morgan fingerprint density at radius 1 is 1.38 bits per heavy atom. The van der Waals surface area contributed by atoms with Gasteiger partial charge in [-0.2, -0.15) is 0 Å². The lowest BCUT2D eigenvalue weighted by atomic mass is 10.0. The lowest BCUT2D eigenvalue weighted by Crippen LogP contribution is -2.48. The molecule has 0 saturated heterocycles. The minimum absolute atomic E-state index is 0.00600. The van der Waals surface area contributed by atoms with Crippen molar-refractivity contribution in [1.29, 1.82) is 0 Å². The van der Waals surface area contributed by atoms with Gasteiger partial charge >= 0.3 is 0 Å². The molecule has 1 aromatic carbocycles. The summed E-state index contributed by atoms with van der Waals surface area (Å²) in [4.78, 5) is 18.3. The molecule has 0 bridgehead atoms. The predicted molar refractivity (Wildman–Crippen MR) is 124 cm³/mol. The van der Waals surface area contributed by atoms with E-state index in [2.05, 4.69) is 0 Å². The van der Waals surface area contributed by atoms with Crippen LogP contribution in [0.2, 0.25) is 0 Å². The van der Waals surface area contributed by atoms with E-state index in [-0.39, 0.29) is 43.6 Å². The van der Waals surface area contributed by atoms with Crippen LogP contribution in [0, 0.1) is 5.82 Å². The van der Waals surface area contributed by atoms with E-state index >= 15 is 0 Å². The third kappa shape index (κ3) is 6.75. The number of carbonyl (C=O) groups excluding carboxylic acids is 1. The van der Waals surface area contributed by atoms with E-state index in [4.69, 9.17) is 9.47 Å². The molecule has 0 saturated carbocycles. The Labute approximate surface area is 193 Å². The quantitative estimate of drug-likeness (QED) is 0.552. The number of fused-ring (bicyclic) bond motifs is 1. The number of aliphatic hydroxyl groups is 1. The Kier molecular flexibility index (Phi) is 9.04. The Morgan fingerprint density at radius 2 is 2.19 bits per heavy atom. The second kappa shape index (κ2) is 11.7. The second-order valence-corrected chi connectivity index (χ2v) is 9.28. The van der Waals surface area contributed by atoms with Gasteiger partial charge in [0, 0.05) is 24.0 Å². The zero-order valence-corrected chi connectivity index (χ0v) is 19.8. The summed E-state index contributed by atoms with van der Waals surface area (Å²) >= 11 is 1.69. The number of halogens is 1. The Morgan fingerprint density at radius 3 is 2.91 bits per heavy atom. The van der Waals surface area contributed by atoms with Gasteiger partial charge in [0.25, 0.3) is 0 Å². The average Bonchev–Trinajstić information content (AvgIpc) is 3.24. The zero-order valence-electron chi connectivity index (χ0n) is 19.0. The highest BCUT2D eigenvalue weighted by molar-refractivity contribution is 7.10. The molecule has 8 heteroatoms. The number of thiophene rings is 1.